The van der Waals surface area contributed by atoms with Crippen molar-refractivity contribution in [3.05, 3.63) is 143 Å². The Balaban J connectivity index is 1.79. The molecule has 160 valence electrons. The first-order valence-electron chi connectivity index (χ1n) is 10.7. The van der Waals surface area contributed by atoms with Crippen LogP contribution in [0.15, 0.2) is 121 Å². The van der Waals surface area contributed by atoms with E-state index in [-0.39, 0.29) is 0 Å². The summed E-state index contributed by atoms with van der Waals surface area (Å²) in [7, 11) is -2.36. The Morgan fingerprint density at radius 3 is 0.909 bits per heavy atom. The number of aromatic nitrogens is 4. The Morgan fingerprint density at radius 2 is 0.697 bits per heavy atom. The maximum absolute atomic E-state index is 4.25. The van der Waals surface area contributed by atoms with Crippen LogP contribution in [0, 0.1) is 0 Å². The van der Waals surface area contributed by atoms with Crippen molar-refractivity contribution in [3.63, 3.8) is 0 Å². The number of rotatable bonds is 8. The van der Waals surface area contributed by atoms with Crippen molar-refractivity contribution in [1.82, 2.24) is 19.9 Å². The molecular formula is C28H24N4Si. The van der Waals surface area contributed by atoms with Crippen molar-refractivity contribution >= 4 is 32.4 Å². The van der Waals surface area contributed by atoms with Crippen molar-refractivity contribution in [2.45, 2.75) is 0 Å². The van der Waals surface area contributed by atoms with Crippen molar-refractivity contribution in [2.75, 3.05) is 0 Å². The second kappa shape index (κ2) is 11.4. The highest BCUT2D eigenvalue weighted by molar-refractivity contribution is 6.98. The largest absolute Gasteiger partial charge is 0.264 e. The molecule has 0 aromatic carbocycles. The molecule has 0 fully saturated rings. The summed E-state index contributed by atoms with van der Waals surface area (Å²) >= 11 is 0. The molecule has 0 spiro atoms. The number of pyridine rings is 4. The van der Waals surface area contributed by atoms with Gasteiger partial charge in [0.05, 0.1) is 0 Å². The molecule has 0 saturated heterocycles. The molecule has 4 heterocycles. The lowest BCUT2D eigenvalue weighted by Crippen LogP contribution is -2.25. The standard InChI is InChI=1S/C28H24N4Si/c1-5-25(21-29-13-1)9-17-33(18-10-26-6-2-14-30-22-26,19-11-27-7-3-15-31-23-27)20-12-28-8-4-16-32-24-28/h1-24H/b17-9+,18-10+,19-11+,20-12+. The van der Waals surface area contributed by atoms with Crippen LogP contribution in [-0.4, -0.2) is 28.0 Å². The van der Waals surface area contributed by atoms with Gasteiger partial charge in [-0.05, 0) is 46.5 Å². The van der Waals surface area contributed by atoms with Gasteiger partial charge < -0.3 is 0 Å². The Morgan fingerprint density at radius 1 is 0.424 bits per heavy atom. The minimum absolute atomic E-state index is 1.06. The minimum Gasteiger partial charge on any atom is -0.264 e. The molecule has 0 amide bonds. The quantitative estimate of drug-likeness (QED) is 0.312. The first-order valence-corrected chi connectivity index (χ1v) is 13.0. The summed E-state index contributed by atoms with van der Waals surface area (Å²) in [6.07, 6.45) is 23.2. The summed E-state index contributed by atoms with van der Waals surface area (Å²) in [4.78, 5) is 17.0. The molecular weight excluding hydrogens is 420 g/mol. The third-order valence-electron chi connectivity index (χ3n) is 5.00. The van der Waals surface area contributed by atoms with Gasteiger partial charge in [-0.25, -0.2) is 0 Å². The third-order valence-corrected chi connectivity index (χ3v) is 7.97. The summed E-state index contributed by atoms with van der Waals surface area (Å²) in [5.74, 6) is 0. The molecule has 4 aromatic rings. The first-order chi connectivity index (χ1) is 16.3. The summed E-state index contributed by atoms with van der Waals surface area (Å²) in [5.41, 5.74) is 13.5. The molecule has 0 N–H and O–H groups in total. The van der Waals surface area contributed by atoms with Crippen molar-refractivity contribution in [1.29, 1.82) is 0 Å². The van der Waals surface area contributed by atoms with Gasteiger partial charge in [0.15, 0.2) is 8.07 Å². The van der Waals surface area contributed by atoms with E-state index >= 15 is 0 Å². The van der Waals surface area contributed by atoms with Crippen molar-refractivity contribution in [3.8, 4) is 0 Å². The zero-order chi connectivity index (χ0) is 22.6. The maximum Gasteiger partial charge on any atom is 0.150 e. The number of hydrogen-bond acceptors (Lipinski definition) is 4. The van der Waals surface area contributed by atoms with Crippen LogP contribution in [0.3, 0.4) is 0 Å². The van der Waals surface area contributed by atoms with Crippen molar-refractivity contribution < 1.29 is 0 Å². The Bertz CT molecular complexity index is 1030. The molecule has 5 heteroatoms. The SMILES string of the molecule is C(=C\[Si](/C=C/c1cccnc1)(/C=C/c1cccnc1)/C=C/c1cccnc1)/c1cccnc1. The van der Waals surface area contributed by atoms with E-state index in [0.29, 0.717) is 0 Å². The molecule has 0 aliphatic carbocycles. The molecule has 33 heavy (non-hydrogen) atoms. The van der Waals surface area contributed by atoms with Crippen LogP contribution in [0.5, 0.6) is 0 Å². The number of nitrogens with zero attached hydrogens (tertiary/aromatic N) is 4. The third kappa shape index (κ3) is 6.88. The smallest absolute Gasteiger partial charge is 0.150 e. The van der Waals surface area contributed by atoms with E-state index in [1.807, 2.05) is 49.1 Å². The summed E-state index contributed by atoms with van der Waals surface area (Å²) < 4.78 is 0. The van der Waals surface area contributed by atoms with Gasteiger partial charge in [0.1, 0.15) is 0 Å². The van der Waals surface area contributed by atoms with Gasteiger partial charge in [0.2, 0.25) is 0 Å². The fraction of sp³-hybridized carbons (Fsp3) is 0. The predicted octanol–water partition coefficient (Wildman–Crippen LogP) is 6.03. The monoisotopic (exact) mass is 444 g/mol. The average molecular weight is 445 g/mol. The van der Waals surface area contributed by atoms with Gasteiger partial charge >= 0.3 is 0 Å². The molecule has 0 radical (unpaired) electrons. The van der Waals surface area contributed by atoms with Gasteiger partial charge in [0, 0.05) is 49.6 Å². The van der Waals surface area contributed by atoms with Gasteiger partial charge in [-0.2, -0.15) is 0 Å². The Labute approximate surface area is 195 Å². The van der Waals surface area contributed by atoms with Gasteiger partial charge in [0.25, 0.3) is 0 Å². The molecule has 4 rings (SSSR count). The summed E-state index contributed by atoms with van der Waals surface area (Å²) in [5, 5.41) is 0. The van der Waals surface area contributed by atoms with E-state index in [9.17, 15) is 0 Å². The van der Waals surface area contributed by atoms with E-state index in [2.05, 4.69) is 91.3 Å². The van der Waals surface area contributed by atoms with Gasteiger partial charge in [-0.1, -0.05) is 71.4 Å². The Kier molecular flexibility index (Phi) is 7.60. The molecule has 4 aromatic heterocycles. The van der Waals surface area contributed by atoms with Crippen LogP contribution in [0.2, 0.25) is 0 Å². The van der Waals surface area contributed by atoms with Crippen LogP contribution in [0.1, 0.15) is 22.3 Å². The zero-order valence-electron chi connectivity index (χ0n) is 18.1. The van der Waals surface area contributed by atoms with E-state index in [1.54, 1.807) is 24.8 Å². The highest BCUT2D eigenvalue weighted by Crippen LogP contribution is 2.20. The molecule has 0 aliphatic rings. The van der Waals surface area contributed by atoms with E-state index in [1.165, 1.54) is 0 Å². The zero-order valence-corrected chi connectivity index (χ0v) is 19.1. The lowest BCUT2D eigenvalue weighted by molar-refractivity contribution is 1.32. The number of hydrogen-bond donors (Lipinski definition) is 0. The fourth-order valence-electron chi connectivity index (χ4n) is 3.19. The van der Waals surface area contributed by atoms with Gasteiger partial charge in [-0.15, -0.1) is 0 Å². The second-order valence-corrected chi connectivity index (χ2v) is 10.8. The van der Waals surface area contributed by atoms with E-state index in [4.69, 9.17) is 0 Å². The Hall–Kier alpha value is -4.22. The lowest BCUT2D eigenvalue weighted by Gasteiger charge is -2.17. The molecule has 0 atom stereocenters. The van der Waals surface area contributed by atoms with Crippen LogP contribution in [-0.2, 0) is 0 Å². The average Bonchev–Trinajstić information content (AvgIpc) is 2.90. The fourth-order valence-corrected chi connectivity index (χ4v) is 5.78. The minimum atomic E-state index is -2.36. The predicted molar refractivity (Wildman–Crippen MR) is 139 cm³/mol. The summed E-state index contributed by atoms with van der Waals surface area (Å²) in [6, 6.07) is 16.0. The van der Waals surface area contributed by atoms with Crippen molar-refractivity contribution in [2.24, 2.45) is 0 Å². The molecule has 0 unspecified atom stereocenters. The molecule has 0 saturated carbocycles. The topological polar surface area (TPSA) is 51.6 Å². The molecule has 0 bridgehead atoms. The first kappa shape index (κ1) is 22.0. The van der Waals surface area contributed by atoms with Crippen LogP contribution >= 0.6 is 0 Å². The van der Waals surface area contributed by atoms with Crippen LogP contribution < -0.4 is 0 Å². The highest BCUT2D eigenvalue weighted by atomic mass is 28.3. The van der Waals surface area contributed by atoms with Crippen LogP contribution in [0.25, 0.3) is 24.3 Å². The maximum atomic E-state index is 4.25. The highest BCUT2D eigenvalue weighted by Gasteiger charge is 2.20. The second-order valence-electron chi connectivity index (χ2n) is 7.48. The molecule has 0 aliphatic heterocycles. The van der Waals surface area contributed by atoms with Crippen LogP contribution in [0.4, 0.5) is 0 Å². The molecule has 4 nitrogen and oxygen atoms in total. The van der Waals surface area contributed by atoms with E-state index in [0.717, 1.165) is 22.3 Å². The van der Waals surface area contributed by atoms with Gasteiger partial charge in [-0.3, -0.25) is 19.9 Å². The summed E-state index contributed by atoms with van der Waals surface area (Å²) in [6.45, 7) is 0. The lowest BCUT2D eigenvalue weighted by atomic mass is 10.3. The normalized spacial score (nSPS) is 12.4. The van der Waals surface area contributed by atoms with E-state index < -0.39 is 8.07 Å².